The molecule has 3 nitrogen and oxygen atoms in total. The minimum atomic E-state index is -0.146. The van der Waals surface area contributed by atoms with E-state index in [1.807, 2.05) is 0 Å². The van der Waals surface area contributed by atoms with E-state index >= 15 is 0 Å². The van der Waals surface area contributed by atoms with Crippen LogP contribution < -0.4 is 5.32 Å². The van der Waals surface area contributed by atoms with Crippen molar-refractivity contribution >= 4 is 0 Å². The largest absolute Gasteiger partial charge is 0.394 e. The molecule has 3 heteroatoms. The second kappa shape index (κ2) is 5.84. The zero-order valence-corrected chi connectivity index (χ0v) is 12.4. The average Bonchev–Trinajstić information content (AvgIpc) is 3.15. The molecule has 0 radical (unpaired) electrons. The molecule has 20 heavy (non-hydrogen) atoms. The Morgan fingerprint density at radius 3 is 2.65 bits per heavy atom. The lowest BCUT2D eigenvalue weighted by molar-refractivity contribution is 0.129. The molecule has 2 atom stereocenters. The minimum Gasteiger partial charge on any atom is -0.394 e. The molecule has 2 aliphatic rings. The first kappa shape index (κ1) is 14.1. The Hall–Kier alpha value is -0.900. The molecule has 110 valence electrons. The third-order valence-electron chi connectivity index (χ3n) is 4.59. The zero-order valence-electron chi connectivity index (χ0n) is 12.4. The van der Waals surface area contributed by atoms with Crippen molar-refractivity contribution in [2.75, 3.05) is 26.2 Å². The quantitative estimate of drug-likeness (QED) is 0.832. The number of hydrogen-bond donors (Lipinski definition) is 2. The lowest BCUT2D eigenvalue weighted by Gasteiger charge is -2.33. The number of aliphatic hydroxyl groups is 1. The van der Waals surface area contributed by atoms with Gasteiger partial charge in [0.05, 0.1) is 12.1 Å². The fourth-order valence-corrected chi connectivity index (χ4v) is 3.33. The number of nitrogens with zero attached hydrogens (tertiary/aromatic N) is 1. The first-order valence-corrected chi connectivity index (χ1v) is 7.84. The smallest absolute Gasteiger partial charge is 0.0623 e. The van der Waals surface area contributed by atoms with Crippen LogP contribution >= 0.6 is 0 Å². The standard InChI is InChI=1S/C17H26N2O/c1-17(13-20,18-16-7-8-16)12-19-10-9-15(11-19)14-5-3-2-4-6-14/h2-6,15-16,18,20H,7-13H2,1H3. The van der Waals surface area contributed by atoms with E-state index in [0.717, 1.165) is 19.6 Å². The molecule has 1 saturated carbocycles. The summed E-state index contributed by atoms with van der Waals surface area (Å²) in [7, 11) is 0. The van der Waals surface area contributed by atoms with Crippen molar-refractivity contribution in [1.82, 2.24) is 10.2 Å². The zero-order chi connectivity index (χ0) is 14.0. The third-order valence-corrected chi connectivity index (χ3v) is 4.59. The monoisotopic (exact) mass is 274 g/mol. The number of aliphatic hydroxyl groups excluding tert-OH is 1. The van der Waals surface area contributed by atoms with Crippen LogP contribution in [0.1, 0.15) is 37.7 Å². The molecular formula is C17H26N2O. The van der Waals surface area contributed by atoms with Gasteiger partial charge in [0.2, 0.25) is 0 Å². The highest BCUT2D eigenvalue weighted by Crippen LogP contribution is 2.29. The van der Waals surface area contributed by atoms with Crippen molar-refractivity contribution in [1.29, 1.82) is 0 Å². The lowest BCUT2D eigenvalue weighted by Crippen LogP contribution is -2.54. The van der Waals surface area contributed by atoms with E-state index < -0.39 is 0 Å². The molecule has 2 unspecified atom stereocenters. The van der Waals surface area contributed by atoms with Crippen molar-refractivity contribution in [2.45, 2.75) is 43.7 Å². The van der Waals surface area contributed by atoms with E-state index in [0.29, 0.717) is 12.0 Å². The van der Waals surface area contributed by atoms with Gasteiger partial charge in [-0.15, -0.1) is 0 Å². The Morgan fingerprint density at radius 2 is 2.00 bits per heavy atom. The van der Waals surface area contributed by atoms with Crippen LogP contribution in [0.2, 0.25) is 0 Å². The van der Waals surface area contributed by atoms with Crippen LogP contribution in [0.25, 0.3) is 0 Å². The maximum atomic E-state index is 9.72. The van der Waals surface area contributed by atoms with Crippen LogP contribution in [-0.4, -0.2) is 47.8 Å². The van der Waals surface area contributed by atoms with Gasteiger partial charge in [-0.25, -0.2) is 0 Å². The van der Waals surface area contributed by atoms with Gasteiger partial charge in [0.25, 0.3) is 0 Å². The predicted octanol–water partition coefficient (Wildman–Crippen LogP) is 1.98. The summed E-state index contributed by atoms with van der Waals surface area (Å²) in [5.74, 6) is 0.653. The molecule has 1 aromatic carbocycles. The van der Waals surface area contributed by atoms with Crippen LogP contribution in [0.15, 0.2) is 30.3 Å². The highest BCUT2D eigenvalue weighted by molar-refractivity contribution is 5.21. The number of hydrogen-bond acceptors (Lipinski definition) is 3. The second-order valence-electron chi connectivity index (χ2n) is 6.77. The highest BCUT2D eigenvalue weighted by atomic mass is 16.3. The highest BCUT2D eigenvalue weighted by Gasteiger charge is 2.35. The summed E-state index contributed by atoms with van der Waals surface area (Å²) in [6.45, 7) is 5.58. The fourth-order valence-electron chi connectivity index (χ4n) is 3.33. The van der Waals surface area contributed by atoms with E-state index in [1.54, 1.807) is 0 Å². The van der Waals surface area contributed by atoms with Gasteiger partial charge in [0.1, 0.15) is 0 Å². The van der Waals surface area contributed by atoms with E-state index in [1.165, 1.54) is 24.8 Å². The first-order valence-electron chi connectivity index (χ1n) is 7.84. The van der Waals surface area contributed by atoms with E-state index in [4.69, 9.17) is 0 Å². The van der Waals surface area contributed by atoms with Gasteiger partial charge in [-0.3, -0.25) is 0 Å². The van der Waals surface area contributed by atoms with E-state index in [2.05, 4.69) is 47.5 Å². The Bertz CT molecular complexity index is 432. The molecule has 1 aliphatic carbocycles. The van der Waals surface area contributed by atoms with Crippen molar-refractivity contribution in [3.63, 3.8) is 0 Å². The van der Waals surface area contributed by atoms with Crippen LogP contribution in [0.3, 0.4) is 0 Å². The SMILES string of the molecule is CC(CO)(CN1CCC(c2ccccc2)C1)NC1CC1. The molecule has 2 fully saturated rings. The molecule has 2 N–H and O–H groups in total. The van der Waals surface area contributed by atoms with Gasteiger partial charge in [-0.2, -0.15) is 0 Å². The average molecular weight is 274 g/mol. The number of rotatable bonds is 6. The summed E-state index contributed by atoms with van der Waals surface area (Å²) in [6.07, 6.45) is 3.76. The van der Waals surface area contributed by atoms with Crippen LogP contribution in [0.5, 0.6) is 0 Å². The van der Waals surface area contributed by atoms with Gasteiger partial charge in [0.15, 0.2) is 0 Å². The van der Waals surface area contributed by atoms with Crippen LogP contribution in [0.4, 0.5) is 0 Å². The summed E-state index contributed by atoms with van der Waals surface area (Å²) in [4.78, 5) is 2.50. The number of likely N-dealkylation sites (tertiary alicyclic amines) is 1. The molecule has 1 aromatic rings. The molecule has 1 aliphatic heterocycles. The van der Waals surface area contributed by atoms with Crippen molar-refractivity contribution in [3.8, 4) is 0 Å². The normalized spacial score (nSPS) is 26.6. The third kappa shape index (κ3) is 3.40. The Morgan fingerprint density at radius 1 is 1.25 bits per heavy atom. The molecule has 0 aromatic heterocycles. The van der Waals surface area contributed by atoms with Crippen molar-refractivity contribution < 1.29 is 5.11 Å². The minimum absolute atomic E-state index is 0.146. The maximum absolute atomic E-state index is 9.72. The van der Waals surface area contributed by atoms with Crippen LogP contribution in [0, 0.1) is 0 Å². The predicted molar refractivity (Wildman–Crippen MR) is 81.9 cm³/mol. The maximum Gasteiger partial charge on any atom is 0.0623 e. The summed E-state index contributed by atoms with van der Waals surface area (Å²) in [5.41, 5.74) is 1.31. The lowest BCUT2D eigenvalue weighted by atomic mass is 9.98. The van der Waals surface area contributed by atoms with Gasteiger partial charge < -0.3 is 15.3 Å². The topological polar surface area (TPSA) is 35.5 Å². The summed E-state index contributed by atoms with van der Waals surface area (Å²) in [5, 5.41) is 13.3. The van der Waals surface area contributed by atoms with Gasteiger partial charge in [-0.1, -0.05) is 30.3 Å². The molecule has 0 amide bonds. The fraction of sp³-hybridized carbons (Fsp3) is 0.647. The molecule has 1 saturated heterocycles. The van der Waals surface area contributed by atoms with Crippen LogP contribution in [-0.2, 0) is 0 Å². The summed E-state index contributed by atoms with van der Waals surface area (Å²) in [6, 6.07) is 11.5. The Labute approximate surface area is 122 Å². The Balaban J connectivity index is 1.56. The molecule has 0 spiro atoms. The summed E-state index contributed by atoms with van der Waals surface area (Å²) >= 11 is 0. The van der Waals surface area contributed by atoms with E-state index in [-0.39, 0.29) is 12.1 Å². The molecule has 0 bridgehead atoms. The van der Waals surface area contributed by atoms with Crippen molar-refractivity contribution in [2.24, 2.45) is 0 Å². The van der Waals surface area contributed by atoms with Gasteiger partial charge >= 0.3 is 0 Å². The van der Waals surface area contributed by atoms with Gasteiger partial charge in [-0.05, 0) is 44.2 Å². The molecular weight excluding hydrogens is 248 g/mol. The molecule has 1 heterocycles. The first-order chi connectivity index (χ1) is 9.68. The van der Waals surface area contributed by atoms with E-state index in [9.17, 15) is 5.11 Å². The number of benzene rings is 1. The van der Waals surface area contributed by atoms with Crippen molar-refractivity contribution in [3.05, 3.63) is 35.9 Å². The Kier molecular flexibility index (Phi) is 4.11. The second-order valence-corrected chi connectivity index (χ2v) is 6.77. The molecule has 3 rings (SSSR count). The number of nitrogens with one attached hydrogen (secondary N) is 1. The summed E-state index contributed by atoms with van der Waals surface area (Å²) < 4.78 is 0. The van der Waals surface area contributed by atoms with Gasteiger partial charge in [0, 0.05) is 19.1 Å².